The van der Waals surface area contributed by atoms with Gasteiger partial charge >= 0.3 is 0 Å². The Morgan fingerprint density at radius 3 is 3.00 bits per heavy atom. The second-order valence-corrected chi connectivity index (χ2v) is 3.87. The number of terminal acetylenes is 1. The molecule has 0 aromatic carbocycles. The minimum Gasteiger partial charge on any atom is -0.394 e. The number of aliphatic hydroxyl groups is 1. The quantitative estimate of drug-likeness (QED) is 0.761. The number of hydrogen-bond donors (Lipinski definition) is 2. The fourth-order valence-corrected chi connectivity index (χ4v) is 1.46. The Balaban J connectivity index is 3.10. The van der Waals surface area contributed by atoms with Crippen LogP contribution in [0.25, 0.3) is 0 Å². The third kappa shape index (κ3) is 3.22. The normalized spacial score (nSPS) is 11.9. The van der Waals surface area contributed by atoms with Gasteiger partial charge in [-0.1, -0.05) is 24.4 Å². The van der Waals surface area contributed by atoms with E-state index in [4.69, 9.17) is 23.1 Å². The molecule has 0 spiro atoms. The highest BCUT2D eigenvalue weighted by atomic mass is 35.5. The molecule has 1 atom stereocenters. The fraction of sp³-hybridized carbons (Fsp3) is 0.455. The van der Waals surface area contributed by atoms with Crippen LogP contribution >= 0.6 is 11.6 Å². The first-order valence-corrected chi connectivity index (χ1v) is 5.58. The van der Waals surface area contributed by atoms with E-state index in [1.54, 1.807) is 0 Å². The molecule has 0 saturated heterocycles. The monoisotopic (exact) mass is 255 g/mol. The van der Waals surface area contributed by atoms with Gasteiger partial charge in [-0.3, -0.25) is 4.79 Å². The van der Waals surface area contributed by atoms with E-state index < -0.39 is 0 Å². The predicted octanol–water partition coefficient (Wildman–Crippen LogP) is 0.713. The number of aromatic nitrogens is 2. The van der Waals surface area contributed by atoms with Gasteiger partial charge in [-0.15, -0.1) is 6.42 Å². The molecule has 17 heavy (non-hydrogen) atoms. The summed E-state index contributed by atoms with van der Waals surface area (Å²) >= 11 is 5.89. The average molecular weight is 256 g/mol. The van der Waals surface area contributed by atoms with Crippen LogP contribution in [0.4, 0.5) is 5.69 Å². The van der Waals surface area contributed by atoms with Crippen molar-refractivity contribution >= 4 is 17.3 Å². The second kappa shape index (κ2) is 6.28. The molecule has 0 radical (unpaired) electrons. The van der Waals surface area contributed by atoms with Crippen LogP contribution in [0.2, 0.25) is 5.02 Å². The Labute approximate surface area is 104 Å². The molecule has 0 saturated carbocycles. The van der Waals surface area contributed by atoms with Gasteiger partial charge < -0.3 is 10.4 Å². The first-order chi connectivity index (χ1) is 8.13. The number of aliphatic hydroxyl groups excluding tert-OH is 1. The summed E-state index contributed by atoms with van der Waals surface area (Å²) in [6, 6.07) is -0.220. The summed E-state index contributed by atoms with van der Waals surface area (Å²) in [6.07, 6.45) is 7.15. The molecule has 0 aliphatic carbocycles. The van der Waals surface area contributed by atoms with Crippen LogP contribution in [0, 0.1) is 12.3 Å². The van der Waals surface area contributed by atoms with E-state index in [1.165, 1.54) is 6.20 Å². The van der Waals surface area contributed by atoms with Crippen molar-refractivity contribution in [2.75, 3.05) is 11.9 Å². The Bertz CT molecular complexity index is 475. The van der Waals surface area contributed by atoms with Gasteiger partial charge in [0.15, 0.2) is 0 Å². The molecule has 1 rings (SSSR count). The van der Waals surface area contributed by atoms with Crippen LogP contribution in [-0.2, 0) is 6.54 Å². The smallest absolute Gasteiger partial charge is 0.292 e. The van der Waals surface area contributed by atoms with E-state index in [0.29, 0.717) is 6.42 Å². The lowest BCUT2D eigenvalue weighted by Gasteiger charge is -2.16. The van der Waals surface area contributed by atoms with Crippen molar-refractivity contribution in [2.24, 2.45) is 0 Å². The summed E-state index contributed by atoms with van der Waals surface area (Å²) < 4.78 is 1.14. The SMILES string of the molecule is C#CCn1ncc(Cl)c(NC(CC)CO)c1=O. The Kier molecular flexibility index (Phi) is 5.01. The zero-order valence-electron chi connectivity index (χ0n) is 9.48. The first-order valence-electron chi connectivity index (χ1n) is 5.20. The molecule has 5 nitrogen and oxygen atoms in total. The van der Waals surface area contributed by atoms with Gasteiger partial charge in [0, 0.05) is 6.04 Å². The van der Waals surface area contributed by atoms with Crippen molar-refractivity contribution in [1.82, 2.24) is 9.78 Å². The molecule has 0 amide bonds. The second-order valence-electron chi connectivity index (χ2n) is 3.47. The molecule has 0 fully saturated rings. The van der Waals surface area contributed by atoms with Crippen LogP contribution in [0.1, 0.15) is 13.3 Å². The van der Waals surface area contributed by atoms with Gasteiger partial charge in [-0.05, 0) is 6.42 Å². The third-order valence-electron chi connectivity index (χ3n) is 2.30. The van der Waals surface area contributed by atoms with E-state index in [2.05, 4.69) is 16.3 Å². The third-order valence-corrected chi connectivity index (χ3v) is 2.59. The molecule has 0 bridgehead atoms. The zero-order valence-corrected chi connectivity index (χ0v) is 10.2. The summed E-state index contributed by atoms with van der Waals surface area (Å²) in [4.78, 5) is 11.9. The number of rotatable bonds is 5. The maximum Gasteiger partial charge on any atom is 0.292 e. The van der Waals surface area contributed by atoms with E-state index in [-0.39, 0.29) is 35.5 Å². The van der Waals surface area contributed by atoms with Crippen molar-refractivity contribution in [2.45, 2.75) is 25.9 Å². The molecule has 6 heteroatoms. The molecular formula is C11H14ClN3O2. The molecule has 1 heterocycles. The van der Waals surface area contributed by atoms with Gasteiger partial charge in [0.1, 0.15) is 12.2 Å². The van der Waals surface area contributed by atoms with E-state index >= 15 is 0 Å². The molecule has 1 unspecified atom stereocenters. The molecule has 1 aromatic rings. The van der Waals surface area contributed by atoms with Crippen LogP contribution in [0.5, 0.6) is 0 Å². The molecule has 2 N–H and O–H groups in total. The van der Waals surface area contributed by atoms with Crippen molar-refractivity contribution in [3.05, 3.63) is 21.6 Å². The Morgan fingerprint density at radius 1 is 1.76 bits per heavy atom. The van der Waals surface area contributed by atoms with E-state index in [1.807, 2.05) is 6.92 Å². The molecule has 1 aromatic heterocycles. The lowest BCUT2D eigenvalue weighted by molar-refractivity contribution is 0.271. The van der Waals surface area contributed by atoms with Crippen molar-refractivity contribution < 1.29 is 5.11 Å². The highest BCUT2D eigenvalue weighted by molar-refractivity contribution is 6.33. The van der Waals surface area contributed by atoms with E-state index in [0.717, 1.165) is 4.68 Å². The summed E-state index contributed by atoms with van der Waals surface area (Å²) in [7, 11) is 0. The van der Waals surface area contributed by atoms with Gasteiger partial charge in [-0.25, -0.2) is 4.68 Å². The lowest BCUT2D eigenvalue weighted by atomic mass is 10.2. The molecular weight excluding hydrogens is 242 g/mol. The zero-order chi connectivity index (χ0) is 12.8. The Morgan fingerprint density at radius 2 is 2.47 bits per heavy atom. The predicted molar refractivity (Wildman–Crippen MR) is 67.1 cm³/mol. The van der Waals surface area contributed by atoms with Crippen LogP contribution in [0.15, 0.2) is 11.0 Å². The minimum atomic E-state index is -0.387. The first kappa shape index (κ1) is 13.6. The number of halogens is 1. The van der Waals surface area contributed by atoms with Crippen molar-refractivity contribution in [3.8, 4) is 12.3 Å². The summed E-state index contributed by atoms with van der Waals surface area (Å²) in [5.74, 6) is 2.33. The lowest BCUT2D eigenvalue weighted by Crippen LogP contribution is -2.31. The molecule has 0 aliphatic heterocycles. The topological polar surface area (TPSA) is 67.2 Å². The Hall–Kier alpha value is -1.51. The summed E-state index contributed by atoms with van der Waals surface area (Å²) in [6.45, 7) is 1.90. The number of nitrogens with one attached hydrogen (secondary N) is 1. The van der Waals surface area contributed by atoms with Crippen LogP contribution < -0.4 is 10.9 Å². The van der Waals surface area contributed by atoms with E-state index in [9.17, 15) is 4.79 Å². The standard InChI is InChI=1S/C11H14ClN3O2/c1-3-5-15-11(17)10(9(12)6-13-15)14-8(4-2)7-16/h1,6,8,14,16H,4-5,7H2,2H3. The maximum atomic E-state index is 11.9. The number of anilines is 1. The van der Waals surface area contributed by atoms with Crippen LogP contribution in [0.3, 0.4) is 0 Å². The number of nitrogens with zero attached hydrogens (tertiary/aromatic N) is 2. The van der Waals surface area contributed by atoms with Gasteiger partial charge in [0.2, 0.25) is 0 Å². The highest BCUT2D eigenvalue weighted by Crippen LogP contribution is 2.16. The van der Waals surface area contributed by atoms with Gasteiger partial charge in [0.25, 0.3) is 5.56 Å². The van der Waals surface area contributed by atoms with Crippen molar-refractivity contribution in [3.63, 3.8) is 0 Å². The van der Waals surface area contributed by atoms with Crippen molar-refractivity contribution in [1.29, 1.82) is 0 Å². The van der Waals surface area contributed by atoms with Gasteiger partial charge in [0.05, 0.1) is 17.8 Å². The average Bonchev–Trinajstić information content (AvgIpc) is 2.33. The molecule has 0 aliphatic rings. The number of hydrogen-bond acceptors (Lipinski definition) is 4. The van der Waals surface area contributed by atoms with Gasteiger partial charge in [-0.2, -0.15) is 5.10 Å². The fourth-order valence-electron chi connectivity index (χ4n) is 1.28. The summed E-state index contributed by atoms with van der Waals surface area (Å²) in [5, 5.41) is 16.0. The molecule has 92 valence electrons. The highest BCUT2D eigenvalue weighted by Gasteiger charge is 2.13. The minimum absolute atomic E-state index is 0.0796. The van der Waals surface area contributed by atoms with Crippen LogP contribution in [-0.4, -0.2) is 27.5 Å². The summed E-state index contributed by atoms with van der Waals surface area (Å²) in [5.41, 5.74) is -0.167. The largest absolute Gasteiger partial charge is 0.394 e. The maximum absolute atomic E-state index is 11.9.